The first-order valence-corrected chi connectivity index (χ1v) is 11.5. The molecule has 4 rings (SSSR count). The minimum Gasteiger partial charge on any atom is -0.379 e. The van der Waals surface area contributed by atoms with Crippen molar-refractivity contribution in [2.45, 2.75) is 43.4 Å². The van der Waals surface area contributed by atoms with E-state index in [-0.39, 0.29) is 36.6 Å². The zero-order valence-corrected chi connectivity index (χ0v) is 18.9. The fourth-order valence-electron chi connectivity index (χ4n) is 4.75. The van der Waals surface area contributed by atoms with Gasteiger partial charge in [-0.25, -0.2) is 0 Å². The molecule has 4 nitrogen and oxygen atoms in total. The van der Waals surface area contributed by atoms with Gasteiger partial charge in [-0.3, -0.25) is 4.90 Å². The molecule has 0 saturated carbocycles. The minimum atomic E-state index is -4.88. The molecule has 2 aromatic carbocycles. The fourth-order valence-corrected chi connectivity index (χ4v) is 4.75. The maximum atomic E-state index is 13.2. The summed E-state index contributed by atoms with van der Waals surface area (Å²) in [7, 11) is 0. The topological polar surface area (TPSA) is 30.9 Å². The monoisotopic (exact) mass is 503 g/mol. The van der Waals surface area contributed by atoms with E-state index >= 15 is 0 Å². The Bertz CT molecular complexity index is 928. The molecule has 0 aliphatic carbocycles. The molecule has 192 valence electrons. The summed E-state index contributed by atoms with van der Waals surface area (Å²) in [5.41, 5.74) is -1.74. The Morgan fingerprint density at radius 3 is 2.09 bits per heavy atom. The second-order valence-corrected chi connectivity index (χ2v) is 8.71. The zero-order valence-electron chi connectivity index (χ0n) is 18.9. The molecule has 2 fully saturated rings. The van der Waals surface area contributed by atoms with Crippen LogP contribution in [0.3, 0.4) is 0 Å². The number of benzene rings is 2. The molecular formula is C25H27F6NO3. The van der Waals surface area contributed by atoms with E-state index in [2.05, 4.69) is 4.90 Å². The van der Waals surface area contributed by atoms with Crippen molar-refractivity contribution in [3.05, 3.63) is 70.8 Å². The van der Waals surface area contributed by atoms with Crippen molar-refractivity contribution >= 4 is 0 Å². The van der Waals surface area contributed by atoms with E-state index in [1.807, 2.05) is 30.3 Å². The van der Waals surface area contributed by atoms with Crippen LogP contribution in [-0.2, 0) is 33.0 Å². The van der Waals surface area contributed by atoms with Gasteiger partial charge in [0.2, 0.25) is 0 Å². The van der Waals surface area contributed by atoms with Crippen molar-refractivity contribution in [1.29, 1.82) is 0 Å². The largest absolute Gasteiger partial charge is 0.416 e. The summed E-state index contributed by atoms with van der Waals surface area (Å²) in [5, 5.41) is 0. The van der Waals surface area contributed by atoms with Crippen molar-refractivity contribution in [2.24, 2.45) is 0 Å². The molecule has 35 heavy (non-hydrogen) atoms. The lowest BCUT2D eigenvalue weighted by atomic mass is 9.86. The Labute approximate surface area is 199 Å². The van der Waals surface area contributed by atoms with E-state index in [9.17, 15) is 26.3 Å². The van der Waals surface area contributed by atoms with Crippen LogP contribution in [0.5, 0.6) is 0 Å². The Hall–Kier alpha value is -2.14. The summed E-state index contributed by atoms with van der Waals surface area (Å²) < 4.78 is 96.4. The first kappa shape index (κ1) is 25.9. The summed E-state index contributed by atoms with van der Waals surface area (Å²) >= 11 is 0. The Kier molecular flexibility index (Phi) is 8.05. The van der Waals surface area contributed by atoms with Crippen molar-refractivity contribution in [1.82, 2.24) is 4.90 Å². The van der Waals surface area contributed by atoms with Crippen molar-refractivity contribution in [2.75, 3.05) is 39.5 Å². The summed E-state index contributed by atoms with van der Waals surface area (Å²) in [6, 6.07) is 11.4. The van der Waals surface area contributed by atoms with Crippen LogP contribution in [0.25, 0.3) is 0 Å². The Morgan fingerprint density at radius 1 is 0.857 bits per heavy atom. The molecule has 2 aliphatic heterocycles. The predicted molar refractivity (Wildman–Crippen MR) is 116 cm³/mol. The predicted octanol–water partition coefficient (Wildman–Crippen LogP) is 5.51. The van der Waals surface area contributed by atoms with Gasteiger partial charge in [0.1, 0.15) is 0 Å². The maximum Gasteiger partial charge on any atom is 0.416 e. The molecule has 0 amide bonds. The molecule has 2 aromatic rings. The second-order valence-electron chi connectivity index (χ2n) is 8.71. The van der Waals surface area contributed by atoms with Crippen molar-refractivity contribution in [3.8, 4) is 0 Å². The van der Waals surface area contributed by atoms with Gasteiger partial charge in [0, 0.05) is 19.1 Å². The van der Waals surface area contributed by atoms with E-state index < -0.39 is 29.8 Å². The lowest BCUT2D eigenvalue weighted by Gasteiger charge is -2.45. The number of halogens is 6. The SMILES string of the molecule is FC(F)(F)c1cc(CCOC2OCC[C@@H](N3CCOCC3)[C@H]2c2ccccc2)cc(C(F)(F)F)c1. The molecule has 0 N–H and O–H groups in total. The highest BCUT2D eigenvalue weighted by molar-refractivity contribution is 5.33. The molecule has 0 radical (unpaired) electrons. The van der Waals surface area contributed by atoms with Gasteiger partial charge in [0.15, 0.2) is 6.29 Å². The number of nitrogens with zero attached hydrogens (tertiary/aromatic N) is 1. The van der Waals surface area contributed by atoms with E-state index in [1.54, 1.807) is 0 Å². The lowest BCUT2D eigenvalue weighted by Crippen LogP contribution is -2.52. The van der Waals surface area contributed by atoms with E-state index in [0.717, 1.165) is 37.2 Å². The smallest absolute Gasteiger partial charge is 0.379 e. The molecule has 2 heterocycles. The molecule has 0 spiro atoms. The van der Waals surface area contributed by atoms with Gasteiger partial charge in [-0.2, -0.15) is 26.3 Å². The van der Waals surface area contributed by atoms with Crippen LogP contribution in [0.1, 0.15) is 34.6 Å². The van der Waals surface area contributed by atoms with Crippen LogP contribution in [0.2, 0.25) is 0 Å². The lowest BCUT2D eigenvalue weighted by molar-refractivity contribution is -0.193. The van der Waals surface area contributed by atoms with Crippen LogP contribution in [0, 0.1) is 0 Å². The third-order valence-electron chi connectivity index (χ3n) is 6.42. The number of morpholine rings is 1. The standard InChI is InChI=1S/C25H27F6NO3/c26-24(27,28)19-14-17(15-20(16-19)25(29,30)31)6-10-34-23-22(18-4-2-1-3-5-18)21(7-11-35-23)32-8-12-33-13-9-32/h1-5,14-16,21-23H,6-13H2/t21-,22-,23?/m1/s1. The van der Waals surface area contributed by atoms with Gasteiger partial charge in [-0.15, -0.1) is 0 Å². The minimum absolute atomic E-state index is 0.0809. The second kappa shape index (κ2) is 10.9. The molecule has 2 aliphatic rings. The Morgan fingerprint density at radius 2 is 1.49 bits per heavy atom. The van der Waals surface area contributed by atoms with Crippen LogP contribution in [-0.4, -0.2) is 56.7 Å². The summed E-state index contributed by atoms with van der Waals surface area (Å²) in [6.07, 6.45) is -9.77. The number of ether oxygens (including phenoxy) is 3. The molecule has 1 unspecified atom stereocenters. The number of hydrogen-bond donors (Lipinski definition) is 0. The van der Waals surface area contributed by atoms with Gasteiger partial charge < -0.3 is 14.2 Å². The third kappa shape index (κ3) is 6.55. The molecule has 2 saturated heterocycles. The molecular weight excluding hydrogens is 476 g/mol. The highest BCUT2D eigenvalue weighted by Crippen LogP contribution is 2.38. The van der Waals surface area contributed by atoms with Crippen LogP contribution in [0.15, 0.2) is 48.5 Å². The fraction of sp³-hybridized carbons (Fsp3) is 0.520. The van der Waals surface area contributed by atoms with E-state index in [4.69, 9.17) is 14.2 Å². The number of hydrogen-bond acceptors (Lipinski definition) is 4. The summed E-state index contributed by atoms with van der Waals surface area (Å²) in [5.74, 6) is -0.157. The molecule has 0 bridgehead atoms. The van der Waals surface area contributed by atoms with Gasteiger partial charge in [0.25, 0.3) is 0 Å². The quantitative estimate of drug-likeness (QED) is 0.487. The van der Waals surface area contributed by atoms with Gasteiger partial charge >= 0.3 is 12.4 Å². The highest BCUT2D eigenvalue weighted by atomic mass is 19.4. The number of alkyl halides is 6. The van der Waals surface area contributed by atoms with Crippen molar-refractivity contribution in [3.63, 3.8) is 0 Å². The van der Waals surface area contributed by atoms with Gasteiger partial charge in [0.05, 0.1) is 43.5 Å². The van der Waals surface area contributed by atoms with E-state index in [0.29, 0.717) is 19.8 Å². The number of rotatable bonds is 6. The van der Waals surface area contributed by atoms with Gasteiger partial charge in [-0.1, -0.05) is 30.3 Å². The van der Waals surface area contributed by atoms with Crippen molar-refractivity contribution < 1.29 is 40.6 Å². The summed E-state index contributed by atoms with van der Waals surface area (Å²) in [6.45, 7) is 3.15. The third-order valence-corrected chi connectivity index (χ3v) is 6.42. The molecule has 0 aromatic heterocycles. The average molecular weight is 503 g/mol. The summed E-state index contributed by atoms with van der Waals surface area (Å²) in [4.78, 5) is 2.34. The molecule has 10 heteroatoms. The first-order valence-electron chi connectivity index (χ1n) is 11.5. The highest BCUT2D eigenvalue weighted by Gasteiger charge is 2.40. The van der Waals surface area contributed by atoms with Crippen LogP contribution < -0.4 is 0 Å². The normalized spacial score (nSPS) is 24.5. The zero-order chi connectivity index (χ0) is 25.1. The molecule has 3 atom stereocenters. The maximum absolute atomic E-state index is 13.2. The van der Waals surface area contributed by atoms with E-state index in [1.165, 1.54) is 0 Å². The average Bonchev–Trinajstić information content (AvgIpc) is 2.84. The van der Waals surface area contributed by atoms with Gasteiger partial charge in [-0.05, 0) is 42.2 Å². The first-order chi connectivity index (χ1) is 16.6. The Balaban J connectivity index is 1.51. The van der Waals surface area contributed by atoms with Crippen LogP contribution in [0.4, 0.5) is 26.3 Å². The van der Waals surface area contributed by atoms with Crippen LogP contribution >= 0.6 is 0 Å².